The van der Waals surface area contributed by atoms with E-state index in [2.05, 4.69) is 0 Å². The number of nitriles is 2. The zero-order chi connectivity index (χ0) is 17.6. The first-order valence-electron chi connectivity index (χ1n) is 7.71. The van der Waals surface area contributed by atoms with Gasteiger partial charge < -0.3 is 10.0 Å². The first-order chi connectivity index (χ1) is 11.5. The minimum atomic E-state index is -0.963. The molecule has 0 saturated carbocycles. The lowest BCUT2D eigenvalue weighted by Crippen LogP contribution is -2.61. The summed E-state index contributed by atoms with van der Waals surface area (Å²) < 4.78 is 0. The molecule has 1 aromatic rings. The maximum Gasteiger partial charge on any atom is 0.236 e. The molecule has 1 amide bonds. The summed E-state index contributed by atoms with van der Waals surface area (Å²) in [6, 6.07) is 11.0. The Bertz CT molecular complexity index is 639. The van der Waals surface area contributed by atoms with Crippen LogP contribution in [-0.4, -0.2) is 53.5 Å². The molecule has 7 heteroatoms. The maximum absolute atomic E-state index is 12.3. The molecule has 1 saturated heterocycles. The minimum Gasteiger partial charge on any atom is -0.382 e. The molecule has 1 aromatic carbocycles. The van der Waals surface area contributed by atoms with Crippen LogP contribution >= 0.6 is 11.6 Å². The second-order valence-corrected chi connectivity index (χ2v) is 6.32. The highest BCUT2D eigenvalue weighted by Crippen LogP contribution is 2.32. The number of rotatable bonds is 7. The van der Waals surface area contributed by atoms with Crippen molar-refractivity contribution < 1.29 is 9.90 Å². The van der Waals surface area contributed by atoms with Gasteiger partial charge in [-0.1, -0.05) is 23.7 Å². The van der Waals surface area contributed by atoms with Crippen molar-refractivity contribution in [2.24, 2.45) is 0 Å². The number of aliphatic hydroxyl groups is 1. The van der Waals surface area contributed by atoms with Crippen LogP contribution in [0.2, 0.25) is 5.02 Å². The van der Waals surface area contributed by atoms with Crippen LogP contribution in [0.15, 0.2) is 24.3 Å². The minimum absolute atomic E-state index is 0.126. The first-order valence-corrected chi connectivity index (χ1v) is 8.09. The van der Waals surface area contributed by atoms with Crippen LogP contribution in [0.5, 0.6) is 0 Å². The van der Waals surface area contributed by atoms with Gasteiger partial charge in [-0.25, -0.2) is 0 Å². The first kappa shape index (κ1) is 18.2. The summed E-state index contributed by atoms with van der Waals surface area (Å²) in [5, 5.41) is 28.5. The number of β-amino-alcohol motifs (C(OH)–C–C–N with tert-alkyl or cyclic N) is 1. The van der Waals surface area contributed by atoms with E-state index >= 15 is 0 Å². The number of likely N-dealkylation sites (tertiary alicyclic amines) is 1. The molecule has 0 radical (unpaired) electrons. The van der Waals surface area contributed by atoms with Gasteiger partial charge >= 0.3 is 0 Å². The summed E-state index contributed by atoms with van der Waals surface area (Å²) >= 11 is 5.85. The average molecular weight is 347 g/mol. The molecule has 1 fully saturated rings. The standard InChI is InChI=1S/C17H19ClN4O2/c18-15-5-3-14(4-6-15)17(24)12-21(13-17)11-16(23)22(9-1-7-19)10-2-8-20/h3-6,24H,1-2,9-13H2. The number of halogens is 1. The number of carbonyl (C=O) groups excluding carboxylic acids is 1. The molecule has 1 N–H and O–H groups in total. The molecular weight excluding hydrogens is 328 g/mol. The number of hydrogen-bond acceptors (Lipinski definition) is 5. The predicted octanol–water partition coefficient (Wildman–Crippen LogP) is 1.50. The highest BCUT2D eigenvalue weighted by molar-refractivity contribution is 6.30. The average Bonchev–Trinajstić information content (AvgIpc) is 2.54. The van der Waals surface area contributed by atoms with E-state index in [1.54, 1.807) is 24.3 Å². The molecule has 1 heterocycles. The molecule has 24 heavy (non-hydrogen) atoms. The SMILES string of the molecule is N#CCCN(CCC#N)C(=O)CN1CC(O)(c2ccc(Cl)cc2)C1. The van der Waals surface area contributed by atoms with Crippen LogP contribution in [0.1, 0.15) is 18.4 Å². The molecule has 0 aromatic heterocycles. The van der Waals surface area contributed by atoms with Crippen molar-refractivity contribution in [2.75, 3.05) is 32.7 Å². The van der Waals surface area contributed by atoms with Crippen LogP contribution in [0, 0.1) is 22.7 Å². The van der Waals surface area contributed by atoms with E-state index < -0.39 is 5.60 Å². The van der Waals surface area contributed by atoms with Crippen molar-refractivity contribution in [3.8, 4) is 12.1 Å². The van der Waals surface area contributed by atoms with E-state index in [1.807, 2.05) is 17.0 Å². The van der Waals surface area contributed by atoms with E-state index in [0.717, 1.165) is 5.56 Å². The van der Waals surface area contributed by atoms with Crippen molar-refractivity contribution in [3.63, 3.8) is 0 Å². The Morgan fingerprint density at radius 2 is 1.75 bits per heavy atom. The molecule has 0 bridgehead atoms. The van der Waals surface area contributed by atoms with E-state index in [-0.39, 0.29) is 25.3 Å². The fraction of sp³-hybridized carbons (Fsp3) is 0.471. The predicted molar refractivity (Wildman–Crippen MR) is 88.8 cm³/mol. The van der Waals surface area contributed by atoms with Gasteiger partial charge in [0.1, 0.15) is 5.60 Å². The number of carbonyl (C=O) groups is 1. The zero-order valence-corrected chi connectivity index (χ0v) is 14.0. The molecule has 0 unspecified atom stereocenters. The van der Waals surface area contributed by atoms with Gasteiger partial charge in [0.25, 0.3) is 0 Å². The van der Waals surface area contributed by atoms with E-state index in [1.165, 1.54) is 4.90 Å². The summed E-state index contributed by atoms with van der Waals surface area (Å²) in [6.45, 7) is 1.56. The molecule has 1 aliphatic rings. The van der Waals surface area contributed by atoms with Crippen LogP contribution in [0.3, 0.4) is 0 Å². The second kappa shape index (κ2) is 8.12. The van der Waals surface area contributed by atoms with Crippen molar-refractivity contribution in [2.45, 2.75) is 18.4 Å². The molecule has 2 rings (SSSR count). The van der Waals surface area contributed by atoms with Crippen molar-refractivity contribution in [3.05, 3.63) is 34.9 Å². The smallest absolute Gasteiger partial charge is 0.236 e. The van der Waals surface area contributed by atoms with Crippen molar-refractivity contribution in [1.82, 2.24) is 9.80 Å². The van der Waals surface area contributed by atoms with Crippen molar-refractivity contribution >= 4 is 17.5 Å². The largest absolute Gasteiger partial charge is 0.382 e. The summed E-state index contributed by atoms with van der Waals surface area (Å²) in [7, 11) is 0. The number of benzene rings is 1. The highest BCUT2D eigenvalue weighted by atomic mass is 35.5. The number of amides is 1. The lowest BCUT2D eigenvalue weighted by molar-refractivity contribution is -0.143. The van der Waals surface area contributed by atoms with Crippen LogP contribution in [-0.2, 0) is 10.4 Å². The summed E-state index contributed by atoms with van der Waals surface area (Å²) in [6.07, 6.45) is 0.484. The molecule has 0 spiro atoms. The Morgan fingerprint density at radius 1 is 1.21 bits per heavy atom. The van der Waals surface area contributed by atoms with Gasteiger partial charge in [-0.2, -0.15) is 10.5 Å². The van der Waals surface area contributed by atoms with Crippen LogP contribution in [0.4, 0.5) is 0 Å². The monoisotopic (exact) mass is 346 g/mol. The van der Waals surface area contributed by atoms with Gasteiger partial charge in [-0.15, -0.1) is 0 Å². The third-order valence-electron chi connectivity index (χ3n) is 4.05. The Kier molecular flexibility index (Phi) is 6.16. The van der Waals surface area contributed by atoms with Crippen LogP contribution < -0.4 is 0 Å². The molecule has 1 aliphatic heterocycles. The van der Waals surface area contributed by atoms with Crippen LogP contribution in [0.25, 0.3) is 0 Å². The zero-order valence-electron chi connectivity index (χ0n) is 13.3. The Labute approximate surface area is 146 Å². The lowest BCUT2D eigenvalue weighted by Gasteiger charge is -2.47. The number of hydrogen-bond donors (Lipinski definition) is 1. The van der Waals surface area contributed by atoms with E-state index in [0.29, 0.717) is 31.2 Å². The summed E-state index contributed by atoms with van der Waals surface area (Å²) in [5.41, 5.74) is -0.184. The highest BCUT2D eigenvalue weighted by Gasteiger charge is 2.43. The van der Waals surface area contributed by atoms with Gasteiger partial charge in [0.05, 0.1) is 31.5 Å². The Balaban J connectivity index is 1.88. The summed E-state index contributed by atoms with van der Waals surface area (Å²) in [4.78, 5) is 15.7. The maximum atomic E-state index is 12.3. The van der Waals surface area contributed by atoms with Crippen molar-refractivity contribution in [1.29, 1.82) is 10.5 Å². The van der Waals surface area contributed by atoms with Gasteiger partial charge in [-0.05, 0) is 17.7 Å². The normalized spacial score (nSPS) is 15.8. The Hall–Kier alpha value is -2.12. The molecular formula is C17H19ClN4O2. The van der Waals surface area contributed by atoms with Gasteiger partial charge in [0, 0.05) is 31.2 Å². The van der Waals surface area contributed by atoms with Gasteiger partial charge in [0.2, 0.25) is 5.91 Å². The molecule has 0 aliphatic carbocycles. The topological polar surface area (TPSA) is 91.4 Å². The van der Waals surface area contributed by atoms with E-state index in [9.17, 15) is 9.90 Å². The van der Waals surface area contributed by atoms with E-state index in [4.69, 9.17) is 22.1 Å². The second-order valence-electron chi connectivity index (χ2n) is 5.88. The molecule has 0 atom stereocenters. The van der Waals surface area contributed by atoms with Gasteiger partial charge in [0.15, 0.2) is 0 Å². The summed E-state index contributed by atoms with van der Waals surface area (Å²) in [5.74, 6) is -0.126. The number of nitrogens with zero attached hydrogens (tertiary/aromatic N) is 4. The molecule has 6 nitrogen and oxygen atoms in total. The quantitative estimate of drug-likeness (QED) is 0.807. The van der Waals surface area contributed by atoms with Gasteiger partial charge in [-0.3, -0.25) is 9.69 Å². The fourth-order valence-electron chi connectivity index (χ4n) is 2.77. The third-order valence-corrected chi connectivity index (χ3v) is 4.30. The lowest BCUT2D eigenvalue weighted by atomic mass is 9.86. The fourth-order valence-corrected chi connectivity index (χ4v) is 2.90. The Morgan fingerprint density at radius 3 is 2.25 bits per heavy atom. The molecule has 126 valence electrons. The third kappa shape index (κ3) is 4.46.